The summed E-state index contributed by atoms with van der Waals surface area (Å²) < 4.78 is 46.0. The SMILES string of the molecule is COCC1(CNS(=O)(=O)c2ccc(Cl)c(F)c2Cl)CCCN1. The van der Waals surface area contributed by atoms with Crippen molar-refractivity contribution in [1.82, 2.24) is 10.0 Å². The second kappa shape index (κ2) is 6.98. The van der Waals surface area contributed by atoms with Gasteiger partial charge in [-0.3, -0.25) is 0 Å². The van der Waals surface area contributed by atoms with E-state index < -0.39 is 26.4 Å². The van der Waals surface area contributed by atoms with Gasteiger partial charge in [0.15, 0.2) is 5.82 Å². The van der Waals surface area contributed by atoms with Crippen LogP contribution in [-0.4, -0.2) is 40.8 Å². The Balaban J connectivity index is 2.20. The van der Waals surface area contributed by atoms with E-state index in [-0.39, 0.29) is 16.5 Å². The van der Waals surface area contributed by atoms with E-state index in [1.54, 1.807) is 7.11 Å². The number of benzene rings is 1. The molecule has 1 heterocycles. The molecule has 2 rings (SSSR count). The van der Waals surface area contributed by atoms with Gasteiger partial charge in [0.05, 0.1) is 22.2 Å². The fourth-order valence-corrected chi connectivity index (χ4v) is 4.37. The number of ether oxygens (including phenoxy) is 1. The predicted molar refractivity (Wildman–Crippen MR) is 83.5 cm³/mol. The summed E-state index contributed by atoms with van der Waals surface area (Å²) in [4.78, 5) is -0.332. The highest BCUT2D eigenvalue weighted by Crippen LogP contribution is 2.29. The quantitative estimate of drug-likeness (QED) is 0.753. The lowest BCUT2D eigenvalue weighted by Gasteiger charge is -2.28. The summed E-state index contributed by atoms with van der Waals surface area (Å²) in [5.74, 6) is -0.947. The molecule has 0 radical (unpaired) electrons. The minimum Gasteiger partial charge on any atom is -0.383 e. The molecule has 2 N–H and O–H groups in total. The number of halogens is 3. The van der Waals surface area contributed by atoms with Crippen molar-refractivity contribution in [1.29, 1.82) is 0 Å². The average Bonchev–Trinajstić information content (AvgIpc) is 2.92. The second-order valence-corrected chi connectivity index (χ2v) is 7.76. The van der Waals surface area contributed by atoms with Gasteiger partial charge in [0.25, 0.3) is 0 Å². The summed E-state index contributed by atoms with van der Waals surface area (Å²) >= 11 is 11.3. The van der Waals surface area contributed by atoms with Gasteiger partial charge in [-0.25, -0.2) is 17.5 Å². The fraction of sp³-hybridized carbons (Fsp3) is 0.538. The van der Waals surface area contributed by atoms with E-state index in [4.69, 9.17) is 27.9 Å². The lowest BCUT2D eigenvalue weighted by Crippen LogP contribution is -2.52. The molecule has 0 aromatic heterocycles. The molecule has 5 nitrogen and oxygen atoms in total. The molecule has 1 aliphatic rings. The number of methoxy groups -OCH3 is 1. The van der Waals surface area contributed by atoms with Gasteiger partial charge >= 0.3 is 0 Å². The Bertz CT molecular complexity index is 649. The van der Waals surface area contributed by atoms with E-state index >= 15 is 0 Å². The number of hydrogen-bond acceptors (Lipinski definition) is 4. The van der Waals surface area contributed by atoms with Crippen molar-refractivity contribution in [2.75, 3.05) is 26.8 Å². The Morgan fingerprint density at radius 1 is 1.45 bits per heavy atom. The van der Waals surface area contributed by atoms with Gasteiger partial charge in [-0.05, 0) is 31.5 Å². The third-order valence-corrected chi connectivity index (χ3v) is 5.86. The van der Waals surface area contributed by atoms with Gasteiger partial charge in [-0.15, -0.1) is 0 Å². The second-order valence-electron chi connectivity index (χ2n) is 5.24. The van der Waals surface area contributed by atoms with Crippen molar-refractivity contribution >= 4 is 33.2 Å². The summed E-state index contributed by atoms with van der Waals surface area (Å²) in [7, 11) is -2.39. The highest BCUT2D eigenvalue weighted by Gasteiger charge is 2.35. The maximum Gasteiger partial charge on any atom is 0.242 e. The van der Waals surface area contributed by atoms with Gasteiger partial charge in [0.2, 0.25) is 10.0 Å². The van der Waals surface area contributed by atoms with Gasteiger partial charge in [-0.1, -0.05) is 23.2 Å². The van der Waals surface area contributed by atoms with Crippen LogP contribution in [0.25, 0.3) is 0 Å². The summed E-state index contributed by atoms with van der Waals surface area (Å²) in [5.41, 5.74) is -0.459. The average molecular weight is 371 g/mol. The van der Waals surface area contributed by atoms with Crippen LogP contribution < -0.4 is 10.0 Å². The number of sulfonamides is 1. The first-order valence-corrected chi connectivity index (χ1v) is 8.92. The van der Waals surface area contributed by atoms with Crippen molar-refractivity contribution in [2.24, 2.45) is 0 Å². The van der Waals surface area contributed by atoms with Crippen LogP contribution in [0.15, 0.2) is 17.0 Å². The Morgan fingerprint density at radius 2 is 2.18 bits per heavy atom. The molecule has 124 valence electrons. The van der Waals surface area contributed by atoms with Crippen LogP contribution >= 0.6 is 23.2 Å². The molecular weight excluding hydrogens is 354 g/mol. The number of rotatable bonds is 6. The molecule has 1 aliphatic heterocycles. The van der Waals surface area contributed by atoms with Crippen LogP contribution in [0, 0.1) is 5.82 Å². The van der Waals surface area contributed by atoms with E-state index in [1.807, 2.05) is 0 Å². The summed E-state index contributed by atoms with van der Waals surface area (Å²) in [6.45, 7) is 1.30. The maximum absolute atomic E-state index is 13.7. The lowest BCUT2D eigenvalue weighted by atomic mass is 9.99. The van der Waals surface area contributed by atoms with Crippen molar-refractivity contribution in [3.63, 3.8) is 0 Å². The minimum absolute atomic E-state index is 0.129. The van der Waals surface area contributed by atoms with Crippen molar-refractivity contribution < 1.29 is 17.5 Å². The van der Waals surface area contributed by atoms with Gasteiger partial charge in [0.1, 0.15) is 4.90 Å². The third kappa shape index (κ3) is 3.72. The van der Waals surface area contributed by atoms with Gasteiger partial charge in [-0.2, -0.15) is 0 Å². The van der Waals surface area contributed by atoms with Crippen LogP contribution in [0.1, 0.15) is 12.8 Å². The topological polar surface area (TPSA) is 67.4 Å². The molecule has 0 saturated carbocycles. The zero-order chi connectivity index (χ0) is 16.4. The molecule has 0 aliphatic carbocycles. The van der Waals surface area contributed by atoms with E-state index in [0.29, 0.717) is 6.61 Å². The van der Waals surface area contributed by atoms with E-state index in [1.165, 1.54) is 6.07 Å². The predicted octanol–water partition coefficient (Wildman–Crippen LogP) is 2.18. The van der Waals surface area contributed by atoms with Crippen LogP contribution in [-0.2, 0) is 14.8 Å². The first kappa shape index (κ1) is 17.9. The Labute approximate surface area is 139 Å². The zero-order valence-electron chi connectivity index (χ0n) is 12.0. The van der Waals surface area contributed by atoms with Gasteiger partial charge < -0.3 is 10.1 Å². The lowest BCUT2D eigenvalue weighted by molar-refractivity contribution is 0.122. The van der Waals surface area contributed by atoms with Crippen molar-refractivity contribution in [2.45, 2.75) is 23.3 Å². The molecule has 0 amide bonds. The molecule has 1 aromatic rings. The monoisotopic (exact) mass is 370 g/mol. The molecular formula is C13H17Cl2FN2O3S. The molecule has 9 heteroatoms. The molecule has 22 heavy (non-hydrogen) atoms. The standard InChI is InChI=1S/C13H17Cl2FN2O3S/c1-21-8-13(5-2-6-17-13)7-18-22(19,20)10-4-3-9(14)12(16)11(10)15/h3-4,17-18H,2,5-8H2,1H3. The minimum atomic E-state index is -3.95. The van der Waals surface area contributed by atoms with E-state index in [9.17, 15) is 12.8 Å². The first-order chi connectivity index (χ1) is 10.3. The normalized spacial score (nSPS) is 22.2. The van der Waals surface area contributed by atoms with Crippen LogP contribution in [0.4, 0.5) is 4.39 Å². The number of nitrogens with one attached hydrogen (secondary N) is 2. The summed E-state index contributed by atoms with van der Waals surface area (Å²) in [6.07, 6.45) is 1.72. The van der Waals surface area contributed by atoms with Crippen LogP contribution in [0.2, 0.25) is 10.0 Å². The van der Waals surface area contributed by atoms with Crippen LogP contribution in [0.5, 0.6) is 0 Å². The molecule has 0 spiro atoms. The van der Waals surface area contributed by atoms with Crippen molar-refractivity contribution in [3.05, 3.63) is 28.0 Å². The van der Waals surface area contributed by atoms with Crippen molar-refractivity contribution in [3.8, 4) is 0 Å². The van der Waals surface area contributed by atoms with Gasteiger partial charge in [0, 0.05) is 13.7 Å². The Morgan fingerprint density at radius 3 is 2.77 bits per heavy atom. The maximum atomic E-state index is 13.7. The Hall–Kier alpha value is -0.440. The fourth-order valence-electron chi connectivity index (χ4n) is 2.50. The number of hydrogen-bond donors (Lipinski definition) is 2. The molecule has 1 atom stereocenters. The first-order valence-electron chi connectivity index (χ1n) is 6.68. The summed E-state index contributed by atoms with van der Waals surface area (Å²) in [5, 5.41) is 2.51. The molecule has 1 fully saturated rings. The molecule has 0 bridgehead atoms. The Kier molecular flexibility index (Phi) is 5.68. The van der Waals surface area contributed by atoms with Crippen LogP contribution in [0.3, 0.4) is 0 Å². The van der Waals surface area contributed by atoms with E-state index in [2.05, 4.69) is 10.0 Å². The highest BCUT2D eigenvalue weighted by atomic mass is 35.5. The smallest absolute Gasteiger partial charge is 0.242 e. The highest BCUT2D eigenvalue weighted by molar-refractivity contribution is 7.89. The van der Waals surface area contributed by atoms with E-state index in [0.717, 1.165) is 25.5 Å². The summed E-state index contributed by atoms with van der Waals surface area (Å²) in [6, 6.07) is 2.34. The molecule has 1 unspecified atom stereocenters. The zero-order valence-corrected chi connectivity index (χ0v) is 14.3. The molecule has 1 aromatic carbocycles. The third-order valence-electron chi connectivity index (χ3n) is 3.64. The largest absolute Gasteiger partial charge is 0.383 e. The molecule has 1 saturated heterocycles.